The Hall–Kier alpha value is -1.92. The fourth-order valence-electron chi connectivity index (χ4n) is 1.33. The predicted molar refractivity (Wildman–Crippen MR) is 59.6 cm³/mol. The SMILES string of the molecule is CC(C)(NC(=O)c1cccn1CC(F)F)C(=O)O. The molecule has 1 rings (SSSR count). The van der Waals surface area contributed by atoms with Crippen molar-refractivity contribution < 1.29 is 23.5 Å². The normalized spacial score (nSPS) is 11.6. The molecule has 0 aromatic carbocycles. The molecule has 1 aromatic rings. The van der Waals surface area contributed by atoms with E-state index in [2.05, 4.69) is 5.32 Å². The molecule has 100 valence electrons. The van der Waals surface area contributed by atoms with Gasteiger partial charge >= 0.3 is 5.97 Å². The molecule has 18 heavy (non-hydrogen) atoms. The maximum absolute atomic E-state index is 12.3. The number of carbonyl (C=O) groups excluding carboxylic acids is 1. The molecule has 0 bridgehead atoms. The van der Waals surface area contributed by atoms with Crippen LogP contribution in [0.2, 0.25) is 0 Å². The monoisotopic (exact) mass is 260 g/mol. The fraction of sp³-hybridized carbons (Fsp3) is 0.455. The predicted octanol–water partition coefficient (Wildman–Crippen LogP) is 1.35. The van der Waals surface area contributed by atoms with Crippen LogP contribution in [0.25, 0.3) is 0 Å². The molecular formula is C11H14F2N2O3. The first-order valence-electron chi connectivity index (χ1n) is 5.23. The molecule has 0 saturated carbocycles. The number of hydrogen-bond acceptors (Lipinski definition) is 2. The summed E-state index contributed by atoms with van der Waals surface area (Å²) in [5.74, 6) is -1.91. The van der Waals surface area contributed by atoms with E-state index in [0.29, 0.717) is 0 Å². The van der Waals surface area contributed by atoms with Crippen LogP contribution >= 0.6 is 0 Å². The highest BCUT2D eigenvalue weighted by atomic mass is 19.3. The van der Waals surface area contributed by atoms with Crippen LogP contribution in [0.15, 0.2) is 18.3 Å². The van der Waals surface area contributed by atoms with E-state index in [4.69, 9.17) is 5.11 Å². The highest BCUT2D eigenvalue weighted by Gasteiger charge is 2.30. The smallest absolute Gasteiger partial charge is 0.328 e. The number of amides is 1. The summed E-state index contributed by atoms with van der Waals surface area (Å²) in [6, 6.07) is 2.81. The van der Waals surface area contributed by atoms with E-state index < -0.39 is 30.4 Å². The van der Waals surface area contributed by atoms with Gasteiger partial charge in [-0.2, -0.15) is 0 Å². The third kappa shape index (κ3) is 3.28. The molecule has 1 aromatic heterocycles. The highest BCUT2D eigenvalue weighted by molar-refractivity contribution is 5.96. The average molecular weight is 260 g/mol. The van der Waals surface area contributed by atoms with Crippen molar-refractivity contribution in [2.75, 3.05) is 0 Å². The van der Waals surface area contributed by atoms with E-state index in [1.54, 1.807) is 0 Å². The van der Waals surface area contributed by atoms with Gasteiger partial charge in [0.05, 0.1) is 6.54 Å². The second kappa shape index (κ2) is 5.16. The number of alkyl halides is 2. The van der Waals surface area contributed by atoms with Crippen LogP contribution in [-0.2, 0) is 11.3 Å². The van der Waals surface area contributed by atoms with Gasteiger partial charge in [-0.15, -0.1) is 0 Å². The van der Waals surface area contributed by atoms with Crippen LogP contribution in [-0.4, -0.2) is 33.5 Å². The lowest BCUT2D eigenvalue weighted by Crippen LogP contribution is -2.50. The summed E-state index contributed by atoms with van der Waals surface area (Å²) >= 11 is 0. The van der Waals surface area contributed by atoms with Gasteiger partial charge in [0.1, 0.15) is 11.2 Å². The van der Waals surface area contributed by atoms with E-state index in [0.717, 1.165) is 4.57 Å². The Kier molecular flexibility index (Phi) is 4.05. The molecule has 0 aliphatic rings. The van der Waals surface area contributed by atoms with Gasteiger partial charge < -0.3 is 15.0 Å². The summed E-state index contributed by atoms with van der Waals surface area (Å²) in [6.45, 7) is 2.02. The van der Waals surface area contributed by atoms with Crippen molar-refractivity contribution in [3.05, 3.63) is 24.0 Å². The first-order valence-corrected chi connectivity index (χ1v) is 5.23. The highest BCUT2D eigenvalue weighted by Crippen LogP contribution is 2.09. The second-order valence-corrected chi connectivity index (χ2v) is 4.32. The number of nitrogens with one attached hydrogen (secondary N) is 1. The van der Waals surface area contributed by atoms with E-state index >= 15 is 0 Å². The Labute approximate surface area is 102 Å². The number of carbonyl (C=O) groups is 2. The molecule has 1 heterocycles. The summed E-state index contributed by atoms with van der Waals surface area (Å²) in [4.78, 5) is 22.6. The van der Waals surface area contributed by atoms with Crippen LogP contribution < -0.4 is 5.32 Å². The standard InChI is InChI=1S/C11H14F2N2O3/c1-11(2,10(17)18)14-9(16)7-4-3-5-15(7)6-8(12)13/h3-5,8H,6H2,1-2H3,(H,14,16)(H,17,18). The lowest BCUT2D eigenvalue weighted by atomic mass is 10.1. The summed E-state index contributed by atoms with van der Waals surface area (Å²) < 4.78 is 25.6. The number of nitrogens with zero attached hydrogens (tertiary/aromatic N) is 1. The van der Waals surface area contributed by atoms with Gasteiger partial charge in [-0.1, -0.05) is 0 Å². The molecule has 0 fully saturated rings. The van der Waals surface area contributed by atoms with Crippen molar-refractivity contribution in [2.24, 2.45) is 0 Å². The zero-order valence-corrected chi connectivity index (χ0v) is 9.98. The molecule has 0 spiro atoms. The van der Waals surface area contributed by atoms with E-state index in [-0.39, 0.29) is 5.69 Å². The average Bonchev–Trinajstić information content (AvgIpc) is 2.63. The molecule has 0 atom stereocenters. The third-order valence-electron chi connectivity index (χ3n) is 2.36. The lowest BCUT2D eigenvalue weighted by Gasteiger charge is -2.21. The first kappa shape index (κ1) is 14.1. The molecule has 5 nitrogen and oxygen atoms in total. The number of carboxylic acid groups (broad SMARTS) is 1. The van der Waals surface area contributed by atoms with Crippen LogP contribution in [0.1, 0.15) is 24.3 Å². The van der Waals surface area contributed by atoms with Crippen molar-refractivity contribution >= 4 is 11.9 Å². The third-order valence-corrected chi connectivity index (χ3v) is 2.36. The minimum Gasteiger partial charge on any atom is -0.480 e. The Balaban J connectivity index is 2.85. The van der Waals surface area contributed by atoms with Gasteiger partial charge in [-0.3, -0.25) is 4.79 Å². The van der Waals surface area contributed by atoms with Crippen LogP contribution in [0.3, 0.4) is 0 Å². The Morgan fingerprint density at radius 3 is 2.61 bits per heavy atom. The van der Waals surface area contributed by atoms with E-state index in [1.807, 2.05) is 0 Å². The van der Waals surface area contributed by atoms with Gasteiger partial charge in [0.2, 0.25) is 0 Å². The number of aromatic nitrogens is 1. The zero-order chi connectivity index (χ0) is 13.9. The van der Waals surface area contributed by atoms with Crippen molar-refractivity contribution in [1.29, 1.82) is 0 Å². The first-order chi connectivity index (χ1) is 8.24. The minimum absolute atomic E-state index is 0.00428. The van der Waals surface area contributed by atoms with Crippen LogP contribution in [0.5, 0.6) is 0 Å². The largest absolute Gasteiger partial charge is 0.480 e. The Bertz CT molecular complexity index is 455. The summed E-state index contributed by atoms with van der Waals surface area (Å²) in [7, 11) is 0. The van der Waals surface area contributed by atoms with Crippen LogP contribution in [0, 0.1) is 0 Å². The van der Waals surface area contributed by atoms with E-state index in [1.165, 1.54) is 32.2 Å². The molecule has 7 heteroatoms. The summed E-state index contributed by atoms with van der Waals surface area (Å²) in [5, 5.41) is 11.1. The maximum atomic E-state index is 12.3. The maximum Gasteiger partial charge on any atom is 0.328 e. The van der Waals surface area contributed by atoms with Crippen molar-refractivity contribution in [3.8, 4) is 0 Å². The van der Waals surface area contributed by atoms with Gasteiger partial charge in [0.15, 0.2) is 0 Å². The zero-order valence-electron chi connectivity index (χ0n) is 9.98. The molecule has 2 N–H and O–H groups in total. The van der Waals surface area contributed by atoms with Crippen molar-refractivity contribution in [2.45, 2.75) is 32.4 Å². The van der Waals surface area contributed by atoms with Gasteiger partial charge in [-0.25, -0.2) is 13.6 Å². The van der Waals surface area contributed by atoms with Crippen molar-refractivity contribution in [3.63, 3.8) is 0 Å². The molecule has 0 saturated heterocycles. The molecule has 0 aliphatic carbocycles. The number of aliphatic carboxylic acids is 1. The summed E-state index contributed by atoms with van der Waals surface area (Å²) in [6.07, 6.45) is -1.24. The number of carboxylic acids is 1. The van der Waals surface area contributed by atoms with Crippen molar-refractivity contribution in [1.82, 2.24) is 9.88 Å². The minimum atomic E-state index is -2.59. The Morgan fingerprint density at radius 1 is 1.50 bits per heavy atom. The second-order valence-electron chi connectivity index (χ2n) is 4.32. The molecule has 0 aliphatic heterocycles. The summed E-state index contributed by atoms with van der Waals surface area (Å²) in [5.41, 5.74) is -1.46. The quantitative estimate of drug-likeness (QED) is 0.839. The number of rotatable bonds is 5. The van der Waals surface area contributed by atoms with Gasteiger partial charge in [0, 0.05) is 6.20 Å². The molecule has 1 amide bonds. The van der Waals surface area contributed by atoms with E-state index in [9.17, 15) is 18.4 Å². The number of halogens is 2. The lowest BCUT2D eigenvalue weighted by molar-refractivity contribution is -0.143. The fourth-order valence-corrected chi connectivity index (χ4v) is 1.33. The number of hydrogen-bond donors (Lipinski definition) is 2. The van der Waals surface area contributed by atoms with Crippen LogP contribution in [0.4, 0.5) is 8.78 Å². The molecular weight excluding hydrogens is 246 g/mol. The topological polar surface area (TPSA) is 71.3 Å². The molecule has 0 unspecified atom stereocenters. The molecule has 0 radical (unpaired) electrons. The van der Waals surface area contributed by atoms with Gasteiger partial charge in [0.25, 0.3) is 12.3 Å². The van der Waals surface area contributed by atoms with Gasteiger partial charge in [-0.05, 0) is 26.0 Å². The Morgan fingerprint density at radius 2 is 2.11 bits per heavy atom.